The summed E-state index contributed by atoms with van der Waals surface area (Å²) in [5.74, 6) is 0. The highest BCUT2D eigenvalue weighted by Gasteiger charge is 1.98. The van der Waals surface area contributed by atoms with Gasteiger partial charge in [0, 0.05) is 0 Å². The van der Waals surface area contributed by atoms with E-state index in [-0.39, 0.29) is 11.1 Å². The first kappa shape index (κ1) is 9.59. The quantitative estimate of drug-likeness (QED) is 0.489. The van der Waals surface area contributed by atoms with E-state index in [4.69, 9.17) is 23.2 Å². The molecule has 0 aliphatic carbocycles. The first-order valence-corrected chi connectivity index (χ1v) is 3.27. The summed E-state index contributed by atoms with van der Waals surface area (Å²) in [5, 5.41) is 0. The summed E-state index contributed by atoms with van der Waals surface area (Å²) < 4.78 is 8.49. The maximum atomic E-state index is 10.3. The molecule has 0 saturated heterocycles. The van der Waals surface area contributed by atoms with Crippen LogP contribution in [0.1, 0.15) is 6.92 Å². The molecular weight excluding hydrogens is 179 g/mol. The maximum absolute atomic E-state index is 10.3. The zero-order valence-electron chi connectivity index (χ0n) is 5.27. The van der Waals surface area contributed by atoms with Crippen LogP contribution >= 0.6 is 23.2 Å². The first-order chi connectivity index (χ1) is 4.66. The van der Waals surface area contributed by atoms with Crippen molar-refractivity contribution >= 4 is 29.4 Å². The van der Waals surface area contributed by atoms with Gasteiger partial charge in [0.2, 0.25) is 0 Å². The molecule has 10 heavy (non-hydrogen) atoms. The van der Waals surface area contributed by atoms with E-state index in [1.807, 2.05) is 0 Å². The minimum atomic E-state index is -0.818. The monoisotopic (exact) mass is 184 g/mol. The minimum Gasteiger partial charge on any atom is -0.434 e. The van der Waals surface area contributed by atoms with Gasteiger partial charge in [-0.25, -0.2) is 4.79 Å². The third kappa shape index (κ3) is 5.72. The zero-order chi connectivity index (χ0) is 7.98. The van der Waals surface area contributed by atoms with Crippen LogP contribution in [0.2, 0.25) is 0 Å². The van der Waals surface area contributed by atoms with Crippen LogP contribution in [-0.2, 0) is 9.47 Å². The van der Waals surface area contributed by atoms with E-state index in [0.717, 1.165) is 6.26 Å². The molecular formula is C5H6Cl2O3. The second-order valence-electron chi connectivity index (χ2n) is 1.21. The van der Waals surface area contributed by atoms with E-state index in [1.165, 1.54) is 0 Å². The fraction of sp³-hybridized carbons (Fsp3) is 0.400. The number of hydrogen-bond donors (Lipinski definition) is 0. The highest BCUT2D eigenvalue weighted by molar-refractivity contribution is 6.55. The maximum Gasteiger partial charge on any atom is 0.513 e. The molecule has 0 heterocycles. The minimum absolute atomic E-state index is 0.131. The molecule has 0 radical (unpaired) electrons. The van der Waals surface area contributed by atoms with Crippen LogP contribution in [0.5, 0.6) is 0 Å². The van der Waals surface area contributed by atoms with Crippen molar-refractivity contribution in [2.75, 3.05) is 6.61 Å². The van der Waals surface area contributed by atoms with Crippen molar-refractivity contribution < 1.29 is 14.3 Å². The largest absolute Gasteiger partial charge is 0.513 e. The summed E-state index contributed by atoms with van der Waals surface area (Å²) in [7, 11) is 0. The number of rotatable bonds is 2. The van der Waals surface area contributed by atoms with E-state index >= 15 is 0 Å². The van der Waals surface area contributed by atoms with Gasteiger partial charge in [-0.3, -0.25) is 0 Å². The van der Waals surface area contributed by atoms with Gasteiger partial charge in [0.1, 0.15) is 10.8 Å². The Bertz CT molecular complexity index is 140. The second kappa shape index (κ2) is 5.38. The van der Waals surface area contributed by atoms with Gasteiger partial charge in [-0.05, 0) is 6.92 Å². The van der Waals surface area contributed by atoms with E-state index in [1.54, 1.807) is 6.92 Å². The van der Waals surface area contributed by atoms with E-state index < -0.39 is 6.16 Å². The average molecular weight is 185 g/mol. The average Bonchev–Trinajstić information content (AvgIpc) is 1.85. The van der Waals surface area contributed by atoms with E-state index in [9.17, 15) is 4.79 Å². The molecule has 0 aromatic heterocycles. The van der Waals surface area contributed by atoms with Crippen LogP contribution in [0.3, 0.4) is 0 Å². The molecule has 0 atom stereocenters. The van der Waals surface area contributed by atoms with Crippen LogP contribution in [0.25, 0.3) is 0 Å². The van der Waals surface area contributed by atoms with Crippen molar-refractivity contribution in [3.8, 4) is 0 Å². The Morgan fingerprint density at radius 3 is 2.60 bits per heavy atom. The standard InChI is InChI=1S/C5H6Cl2O3/c1-2-9-5(8)10-3-4(6)7/h3H,2H2,1H3. The number of halogens is 2. The van der Waals surface area contributed by atoms with Gasteiger partial charge >= 0.3 is 6.16 Å². The number of carbonyl (C=O) groups excluding carboxylic acids is 1. The van der Waals surface area contributed by atoms with Crippen molar-refractivity contribution in [3.63, 3.8) is 0 Å². The first-order valence-electron chi connectivity index (χ1n) is 2.51. The predicted molar refractivity (Wildman–Crippen MR) is 37.9 cm³/mol. The van der Waals surface area contributed by atoms with E-state index in [0.29, 0.717) is 0 Å². The highest BCUT2D eigenvalue weighted by atomic mass is 35.5. The highest BCUT2D eigenvalue weighted by Crippen LogP contribution is 2.05. The van der Waals surface area contributed by atoms with Gasteiger partial charge in [0.15, 0.2) is 0 Å². The molecule has 0 N–H and O–H groups in total. The predicted octanol–water partition coefficient (Wildman–Crippen LogP) is 2.44. The fourth-order valence-corrected chi connectivity index (χ4v) is 0.334. The molecule has 0 spiro atoms. The Balaban J connectivity index is 3.49. The molecule has 0 fully saturated rings. The SMILES string of the molecule is CCOC(=O)OC=C(Cl)Cl. The third-order valence-electron chi connectivity index (χ3n) is 0.506. The summed E-state index contributed by atoms with van der Waals surface area (Å²) in [5.41, 5.74) is 0. The summed E-state index contributed by atoms with van der Waals surface area (Å²) >= 11 is 10.2. The zero-order valence-corrected chi connectivity index (χ0v) is 6.78. The van der Waals surface area contributed by atoms with Crippen molar-refractivity contribution in [1.82, 2.24) is 0 Å². The molecule has 0 aromatic rings. The van der Waals surface area contributed by atoms with Crippen molar-refractivity contribution in [3.05, 3.63) is 10.8 Å². The van der Waals surface area contributed by atoms with Crippen LogP contribution in [0, 0.1) is 0 Å². The summed E-state index contributed by atoms with van der Waals surface area (Å²) in [6.45, 7) is 1.92. The van der Waals surface area contributed by atoms with Crippen molar-refractivity contribution in [2.45, 2.75) is 6.92 Å². The van der Waals surface area contributed by atoms with Gasteiger partial charge in [0.25, 0.3) is 0 Å². The lowest BCUT2D eigenvalue weighted by Gasteiger charge is -1.96. The number of ether oxygens (including phenoxy) is 2. The molecule has 0 unspecified atom stereocenters. The Labute approximate surface area is 68.5 Å². The molecule has 5 heteroatoms. The van der Waals surface area contributed by atoms with Crippen LogP contribution in [0.4, 0.5) is 4.79 Å². The second-order valence-corrected chi connectivity index (χ2v) is 2.22. The van der Waals surface area contributed by atoms with Crippen molar-refractivity contribution in [1.29, 1.82) is 0 Å². The Morgan fingerprint density at radius 2 is 2.20 bits per heavy atom. The molecule has 0 aliphatic rings. The lowest BCUT2D eigenvalue weighted by atomic mass is 10.9. The normalized spacial score (nSPS) is 8.30. The Morgan fingerprint density at radius 1 is 1.60 bits per heavy atom. The van der Waals surface area contributed by atoms with Gasteiger partial charge in [0.05, 0.1) is 6.61 Å². The summed E-state index contributed by atoms with van der Waals surface area (Å²) in [6.07, 6.45) is 0.0717. The lowest BCUT2D eigenvalue weighted by Crippen LogP contribution is -2.02. The van der Waals surface area contributed by atoms with Gasteiger partial charge in [-0.2, -0.15) is 0 Å². The number of carbonyl (C=O) groups is 1. The lowest BCUT2D eigenvalue weighted by molar-refractivity contribution is 0.0894. The molecule has 0 amide bonds. The van der Waals surface area contributed by atoms with E-state index in [2.05, 4.69) is 9.47 Å². The van der Waals surface area contributed by atoms with Gasteiger partial charge in [-0.1, -0.05) is 23.2 Å². The molecule has 0 rings (SSSR count). The van der Waals surface area contributed by atoms with Crippen LogP contribution in [-0.4, -0.2) is 12.8 Å². The summed E-state index contributed by atoms with van der Waals surface area (Å²) in [4.78, 5) is 10.3. The Hall–Kier alpha value is -0.410. The smallest absolute Gasteiger partial charge is 0.434 e. The summed E-state index contributed by atoms with van der Waals surface area (Å²) in [6, 6.07) is 0. The van der Waals surface area contributed by atoms with Crippen LogP contribution in [0.15, 0.2) is 10.8 Å². The Kier molecular flexibility index (Phi) is 5.16. The molecule has 0 bridgehead atoms. The van der Waals surface area contributed by atoms with Gasteiger partial charge in [-0.15, -0.1) is 0 Å². The fourth-order valence-electron chi connectivity index (χ4n) is 0.245. The number of hydrogen-bond acceptors (Lipinski definition) is 3. The molecule has 3 nitrogen and oxygen atoms in total. The van der Waals surface area contributed by atoms with Gasteiger partial charge < -0.3 is 9.47 Å². The molecule has 0 aromatic carbocycles. The topological polar surface area (TPSA) is 35.5 Å². The third-order valence-corrected chi connectivity index (χ3v) is 0.685. The van der Waals surface area contributed by atoms with Crippen molar-refractivity contribution in [2.24, 2.45) is 0 Å². The van der Waals surface area contributed by atoms with Crippen LogP contribution < -0.4 is 0 Å². The molecule has 0 aliphatic heterocycles. The molecule has 0 saturated carbocycles. The molecule has 58 valence electrons.